The first-order valence-electron chi connectivity index (χ1n) is 9.07. The van der Waals surface area contributed by atoms with Crippen LogP contribution >= 0.6 is 0 Å². The molecule has 2 amide bonds. The number of anilines is 1. The maximum absolute atomic E-state index is 13.3. The molecular formula is C18H19N5O4. The molecule has 0 unspecified atom stereocenters. The summed E-state index contributed by atoms with van der Waals surface area (Å²) >= 11 is 0. The number of pyridine rings is 1. The van der Waals surface area contributed by atoms with Gasteiger partial charge in [0.1, 0.15) is 11.5 Å². The molecule has 9 nitrogen and oxygen atoms in total. The fourth-order valence-corrected chi connectivity index (χ4v) is 4.24. The summed E-state index contributed by atoms with van der Waals surface area (Å²) in [5.74, 6) is -0.929. The number of hydrogen-bond acceptors (Lipinski definition) is 7. The van der Waals surface area contributed by atoms with Crippen LogP contribution in [0.5, 0.6) is 0 Å². The van der Waals surface area contributed by atoms with Crippen LogP contribution < -0.4 is 15.9 Å². The molecule has 9 heteroatoms. The van der Waals surface area contributed by atoms with Gasteiger partial charge in [0.05, 0.1) is 17.5 Å². The van der Waals surface area contributed by atoms with Crippen molar-refractivity contribution in [3.63, 3.8) is 0 Å². The molecule has 3 atom stereocenters. The Kier molecular flexibility index (Phi) is 3.56. The molecule has 5 heterocycles. The number of likely N-dealkylation sites (N-methyl/N-ethyl adjacent to an activating group) is 1. The van der Waals surface area contributed by atoms with Crippen LogP contribution in [0.25, 0.3) is 5.65 Å². The Morgan fingerprint density at radius 3 is 2.70 bits per heavy atom. The molecule has 2 aromatic heterocycles. The van der Waals surface area contributed by atoms with Gasteiger partial charge in [0.25, 0.3) is 11.5 Å². The first-order chi connectivity index (χ1) is 13.1. The van der Waals surface area contributed by atoms with Crippen molar-refractivity contribution < 1.29 is 14.4 Å². The lowest BCUT2D eigenvalue weighted by atomic mass is 9.92. The molecule has 0 radical (unpaired) electrons. The number of imide groups is 1. The highest BCUT2D eigenvalue weighted by molar-refractivity contribution is 6.07. The van der Waals surface area contributed by atoms with Crippen LogP contribution in [0, 0.1) is 5.92 Å². The van der Waals surface area contributed by atoms with E-state index in [1.165, 1.54) is 11.4 Å². The number of likely N-dealkylation sites (tertiary alicyclic amines) is 1. The third-order valence-electron chi connectivity index (χ3n) is 5.66. The van der Waals surface area contributed by atoms with Gasteiger partial charge in [0.15, 0.2) is 6.10 Å². The summed E-state index contributed by atoms with van der Waals surface area (Å²) in [6.45, 7) is 1.60. The molecule has 3 fully saturated rings. The Hall–Kier alpha value is -2.78. The van der Waals surface area contributed by atoms with Gasteiger partial charge in [0, 0.05) is 26.3 Å². The zero-order chi connectivity index (χ0) is 18.7. The van der Waals surface area contributed by atoms with Gasteiger partial charge in [-0.1, -0.05) is 6.07 Å². The van der Waals surface area contributed by atoms with Crippen molar-refractivity contribution in [2.45, 2.75) is 25.0 Å². The van der Waals surface area contributed by atoms with E-state index in [-0.39, 0.29) is 11.5 Å². The van der Waals surface area contributed by atoms with Crippen molar-refractivity contribution in [2.75, 3.05) is 25.0 Å². The SMILES string of the molecule is CN1C(=O)[C@H]2[C@@H](c3c(N4CCCC4)nc4ccccn4c3=O)NO[C@H]2C1=O. The molecule has 27 heavy (non-hydrogen) atoms. The molecule has 3 aliphatic heterocycles. The van der Waals surface area contributed by atoms with Gasteiger partial charge in [-0.25, -0.2) is 4.98 Å². The molecule has 0 bridgehead atoms. The lowest BCUT2D eigenvalue weighted by Gasteiger charge is -2.24. The summed E-state index contributed by atoms with van der Waals surface area (Å²) in [6, 6.07) is 4.65. The minimum absolute atomic E-state index is 0.251. The predicted molar refractivity (Wildman–Crippen MR) is 94.9 cm³/mol. The summed E-state index contributed by atoms with van der Waals surface area (Å²) in [6.07, 6.45) is 2.80. The Balaban J connectivity index is 1.71. The number of aromatic nitrogens is 2. The van der Waals surface area contributed by atoms with Crippen LogP contribution in [-0.2, 0) is 14.4 Å². The summed E-state index contributed by atoms with van der Waals surface area (Å²) in [7, 11) is 1.44. The van der Waals surface area contributed by atoms with E-state index in [2.05, 4.69) is 10.4 Å². The minimum Gasteiger partial charge on any atom is -0.356 e. The number of rotatable bonds is 2. The van der Waals surface area contributed by atoms with E-state index in [4.69, 9.17) is 9.82 Å². The highest BCUT2D eigenvalue weighted by atomic mass is 16.7. The number of hydroxylamine groups is 1. The van der Waals surface area contributed by atoms with Gasteiger partial charge in [-0.05, 0) is 25.0 Å². The number of carbonyl (C=O) groups is 2. The van der Waals surface area contributed by atoms with E-state index in [9.17, 15) is 14.4 Å². The second kappa shape index (κ2) is 5.86. The number of carbonyl (C=O) groups excluding carboxylic acids is 2. The molecule has 1 N–H and O–H groups in total. The van der Waals surface area contributed by atoms with Crippen LogP contribution in [-0.4, -0.2) is 52.3 Å². The number of nitrogens with one attached hydrogen (secondary N) is 1. The molecule has 0 spiro atoms. The Morgan fingerprint density at radius 2 is 1.93 bits per heavy atom. The molecule has 3 aliphatic rings. The number of nitrogens with zero attached hydrogens (tertiary/aromatic N) is 4. The lowest BCUT2D eigenvalue weighted by Crippen LogP contribution is -2.37. The third-order valence-corrected chi connectivity index (χ3v) is 5.66. The summed E-state index contributed by atoms with van der Waals surface area (Å²) in [5, 5.41) is 0. The second-order valence-electron chi connectivity index (χ2n) is 7.17. The van der Waals surface area contributed by atoms with Crippen molar-refractivity contribution in [3.05, 3.63) is 40.3 Å². The fourth-order valence-electron chi connectivity index (χ4n) is 4.24. The number of hydrogen-bond donors (Lipinski definition) is 1. The molecule has 3 saturated heterocycles. The van der Waals surface area contributed by atoms with Crippen LogP contribution in [0.1, 0.15) is 24.4 Å². The van der Waals surface area contributed by atoms with E-state index in [0.29, 0.717) is 17.0 Å². The van der Waals surface area contributed by atoms with Crippen molar-refractivity contribution in [3.8, 4) is 0 Å². The van der Waals surface area contributed by atoms with Gasteiger partial charge in [0.2, 0.25) is 5.91 Å². The largest absolute Gasteiger partial charge is 0.356 e. The lowest BCUT2D eigenvalue weighted by molar-refractivity contribution is -0.143. The smallest absolute Gasteiger partial charge is 0.264 e. The standard InChI is InChI=1S/C18H19N5O4/c1-21-16(24)11-13(20-27-14(11)18(21)26)12-15(22-7-4-5-8-22)19-10-6-2-3-9-23(10)17(12)25/h2-3,6,9,11,13-14,20H,4-5,7-8H2,1H3/t11-,13-,14+/m0/s1. The van der Waals surface area contributed by atoms with E-state index in [1.54, 1.807) is 18.3 Å². The van der Waals surface area contributed by atoms with Crippen molar-refractivity contribution in [1.82, 2.24) is 19.8 Å². The highest BCUT2D eigenvalue weighted by Gasteiger charge is 2.56. The van der Waals surface area contributed by atoms with E-state index < -0.39 is 24.0 Å². The van der Waals surface area contributed by atoms with Crippen molar-refractivity contribution in [2.24, 2.45) is 5.92 Å². The van der Waals surface area contributed by atoms with Crippen molar-refractivity contribution in [1.29, 1.82) is 0 Å². The van der Waals surface area contributed by atoms with E-state index in [1.807, 2.05) is 6.07 Å². The van der Waals surface area contributed by atoms with E-state index >= 15 is 0 Å². The molecule has 140 valence electrons. The Bertz CT molecular complexity index is 1010. The molecule has 0 aromatic carbocycles. The minimum atomic E-state index is -0.908. The maximum atomic E-state index is 13.3. The average molecular weight is 369 g/mol. The summed E-state index contributed by atoms with van der Waals surface area (Å²) < 4.78 is 1.47. The van der Waals surface area contributed by atoms with Gasteiger partial charge in [-0.3, -0.25) is 28.5 Å². The molecular weight excluding hydrogens is 350 g/mol. The quantitative estimate of drug-likeness (QED) is 0.736. The molecule has 0 aliphatic carbocycles. The van der Waals surface area contributed by atoms with Gasteiger partial charge in [-0.15, -0.1) is 0 Å². The van der Waals surface area contributed by atoms with Crippen LogP contribution in [0.3, 0.4) is 0 Å². The van der Waals surface area contributed by atoms with E-state index in [0.717, 1.165) is 30.8 Å². The van der Waals surface area contributed by atoms with Gasteiger partial charge in [-0.2, -0.15) is 5.48 Å². The predicted octanol–water partition coefficient (Wildman–Crippen LogP) is -0.146. The normalized spacial score (nSPS) is 27.8. The monoisotopic (exact) mass is 369 g/mol. The average Bonchev–Trinajstić information content (AvgIpc) is 3.39. The highest BCUT2D eigenvalue weighted by Crippen LogP contribution is 2.39. The van der Waals surface area contributed by atoms with Crippen LogP contribution in [0.4, 0.5) is 5.82 Å². The summed E-state index contributed by atoms with van der Waals surface area (Å²) in [4.78, 5) is 51.5. The number of amides is 2. The zero-order valence-electron chi connectivity index (χ0n) is 14.8. The number of fused-ring (bicyclic) bond motifs is 2. The Labute approximate surface area is 154 Å². The van der Waals surface area contributed by atoms with Crippen LogP contribution in [0.2, 0.25) is 0 Å². The zero-order valence-corrected chi connectivity index (χ0v) is 14.8. The van der Waals surface area contributed by atoms with Crippen molar-refractivity contribution >= 4 is 23.3 Å². The second-order valence-corrected chi connectivity index (χ2v) is 7.17. The topological polar surface area (TPSA) is 96.2 Å². The fraction of sp³-hybridized carbons (Fsp3) is 0.444. The molecule has 5 rings (SSSR count). The van der Waals surface area contributed by atoms with Crippen LogP contribution in [0.15, 0.2) is 29.2 Å². The van der Waals surface area contributed by atoms with Gasteiger partial charge >= 0.3 is 0 Å². The summed E-state index contributed by atoms with van der Waals surface area (Å²) in [5.41, 5.74) is 3.46. The molecule has 2 aromatic rings. The van der Waals surface area contributed by atoms with Gasteiger partial charge < -0.3 is 4.90 Å². The Morgan fingerprint density at radius 1 is 1.15 bits per heavy atom. The maximum Gasteiger partial charge on any atom is 0.264 e. The molecule has 0 saturated carbocycles. The first-order valence-corrected chi connectivity index (χ1v) is 9.07. The first kappa shape index (κ1) is 16.4. The third kappa shape index (κ3) is 2.25.